The molecule has 1 aliphatic heterocycles. The molecule has 1 aliphatic rings. The minimum Gasteiger partial charge on any atom is -0.340 e. The van der Waals surface area contributed by atoms with Gasteiger partial charge >= 0.3 is 6.03 Å². The monoisotopic (exact) mass is 369 g/mol. The molecule has 27 heavy (non-hydrogen) atoms. The number of rotatable bonds is 4. The molecule has 3 aromatic rings. The number of hydrogen-bond donors (Lipinski definition) is 1. The van der Waals surface area contributed by atoms with Gasteiger partial charge in [-0.2, -0.15) is 4.98 Å². The molecule has 1 saturated heterocycles. The van der Waals surface area contributed by atoms with E-state index in [9.17, 15) is 4.79 Å². The van der Waals surface area contributed by atoms with E-state index in [0.29, 0.717) is 37.9 Å². The fourth-order valence-corrected chi connectivity index (χ4v) is 3.33. The molecule has 9 nitrogen and oxygen atoms in total. The lowest BCUT2D eigenvalue weighted by Gasteiger charge is -2.33. The van der Waals surface area contributed by atoms with Crippen molar-refractivity contribution in [3.05, 3.63) is 41.8 Å². The van der Waals surface area contributed by atoms with Crippen molar-refractivity contribution in [2.75, 3.05) is 26.2 Å². The molecule has 2 amide bonds. The molecule has 0 bridgehead atoms. The number of benzene rings is 1. The molecule has 0 atom stereocenters. The number of aryl methyl sites for hydroxylation is 2. The summed E-state index contributed by atoms with van der Waals surface area (Å²) in [5.41, 5.74) is 2.00. The fraction of sp³-hybridized carbons (Fsp3) is 0.444. The highest BCUT2D eigenvalue weighted by atomic mass is 16.5. The van der Waals surface area contributed by atoms with E-state index in [-0.39, 0.29) is 6.03 Å². The number of para-hydroxylation sites is 2. The van der Waals surface area contributed by atoms with Gasteiger partial charge in [0.15, 0.2) is 5.82 Å². The van der Waals surface area contributed by atoms with Gasteiger partial charge in [0.1, 0.15) is 5.82 Å². The number of amides is 2. The zero-order valence-corrected chi connectivity index (χ0v) is 15.6. The number of aromatic nitrogens is 4. The first-order valence-corrected chi connectivity index (χ1v) is 9.05. The van der Waals surface area contributed by atoms with Crippen molar-refractivity contribution >= 4 is 17.1 Å². The Labute approximate surface area is 157 Å². The third kappa shape index (κ3) is 3.77. The number of urea groups is 1. The number of nitrogens with one attached hydrogen (secondary N) is 1. The summed E-state index contributed by atoms with van der Waals surface area (Å²) in [6, 6.07) is 7.90. The predicted molar refractivity (Wildman–Crippen MR) is 98.8 cm³/mol. The summed E-state index contributed by atoms with van der Waals surface area (Å²) >= 11 is 0. The van der Waals surface area contributed by atoms with Gasteiger partial charge in [-0.3, -0.25) is 4.90 Å². The first-order chi connectivity index (χ1) is 13.1. The van der Waals surface area contributed by atoms with Crippen molar-refractivity contribution in [2.45, 2.75) is 20.0 Å². The van der Waals surface area contributed by atoms with Crippen LogP contribution in [0.3, 0.4) is 0 Å². The minimum atomic E-state index is -0.0582. The number of piperazine rings is 1. The summed E-state index contributed by atoms with van der Waals surface area (Å²) < 4.78 is 7.01. The van der Waals surface area contributed by atoms with Crippen LogP contribution < -0.4 is 5.32 Å². The molecule has 0 saturated carbocycles. The smallest absolute Gasteiger partial charge is 0.317 e. The van der Waals surface area contributed by atoms with Crippen LogP contribution in [0.2, 0.25) is 0 Å². The second kappa shape index (κ2) is 7.36. The average molecular weight is 369 g/mol. The highest BCUT2D eigenvalue weighted by molar-refractivity contribution is 5.76. The second-order valence-corrected chi connectivity index (χ2v) is 6.73. The molecule has 3 heterocycles. The van der Waals surface area contributed by atoms with Gasteiger partial charge in [0, 0.05) is 40.2 Å². The van der Waals surface area contributed by atoms with Gasteiger partial charge in [0.05, 0.1) is 24.1 Å². The lowest BCUT2D eigenvalue weighted by atomic mass is 10.3. The van der Waals surface area contributed by atoms with Gasteiger partial charge in [-0.25, -0.2) is 9.78 Å². The molecule has 0 spiro atoms. The number of imidazole rings is 1. The van der Waals surface area contributed by atoms with Crippen molar-refractivity contribution in [1.82, 2.24) is 34.8 Å². The first kappa shape index (κ1) is 17.5. The summed E-state index contributed by atoms with van der Waals surface area (Å²) in [7, 11) is 1.97. The van der Waals surface area contributed by atoms with Crippen LogP contribution in [0, 0.1) is 6.92 Å². The van der Waals surface area contributed by atoms with Crippen molar-refractivity contribution < 1.29 is 9.32 Å². The van der Waals surface area contributed by atoms with Gasteiger partial charge in [-0.15, -0.1) is 0 Å². The van der Waals surface area contributed by atoms with E-state index in [2.05, 4.69) is 25.3 Å². The van der Waals surface area contributed by atoms with Crippen LogP contribution in [-0.4, -0.2) is 61.7 Å². The molecule has 1 fully saturated rings. The highest BCUT2D eigenvalue weighted by Crippen LogP contribution is 2.14. The SMILES string of the molecule is Cc1nc(CN2CCN(C(=O)NCc3nc4ccccc4n3C)CC2)no1. The van der Waals surface area contributed by atoms with Crippen LogP contribution in [0.25, 0.3) is 11.0 Å². The molecule has 142 valence electrons. The summed E-state index contributed by atoms with van der Waals surface area (Å²) in [5, 5.41) is 6.91. The first-order valence-electron chi connectivity index (χ1n) is 9.05. The quantitative estimate of drug-likeness (QED) is 0.745. The van der Waals surface area contributed by atoms with Crippen molar-refractivity contribution in [3.8, 4) is 0 Å². The van der Waals surface area contributed by atoms with Gasteiger partial charge in [-0.05, 0) is 12.1 Å². The molecule has 4 rings (SSSR count). The van der Waals surface area contributed by atoms with Crippen LogP contribution in [0.15, 0.2) is 28.8 Å². The van der Waals surface area contributed by atoms with Crippen molar-refractivity contribution in [1.29, 1.82) is 0 Å². The third-order valence-corrected chi connectivity index (χ3v) is 4.87. The van der Waals surface area contributed by atoms with Gasteiger partial charge < -0.3 is 19.3 Å². The molecular formula is C18H23N7O2. The van der Waals surface area contributed by atoms with Crippen LogP contribution in [0.5, 0.6) is 0 Å². The Kier molecular flexibility index (Phi) is 4.76. The number of carbonyl (C=O) groups excluding carboxylic acids is 1. The van der Waals surface area contributed by atoms with Crippen LogP contribution in [0.4, 0.5) is 4.79 Å². The molecule has 0 radical (unpaired) electrons. The Morgan fingerprint density at radius 3 is 2.67 bits per heavy atom. The maximum Gasteiger partial charge on any atom is 0.317 e. The van der Waals surface area contributed by atoms with E-state index in [1.165, 1.54) is 0 Å². The van der Waals surface area contributed by atoms with Gasteiger partial charge in [-0.1, -0.05) is 17.3 Å². The number of hydrogen-bond acceptors (Lipinski definition) is 6. The van der Waals surface area contributed by atoms with Gasteiger partial charge in [0.2, 0.25) is 5.89 Å². The molecule has 9 heteroatoms. The second-order valence-electron chi connectivity index (χ2n) is 6.73. The molecule has 1 aromatic carbocycles. The highest BCUT2D eigenvalue weighted by Gasteiger charge is 2.22. The Bertz CT molecular complexity index is 940. The van der Waals surface area contributed by atoms with Crippen LogP contribution in [-0.2, 0) is 20.1 Å². The lowest BCUT2D eigenvalue weighted by molar-refractivity contribution is 0.132. The van der Waals surface area contributed by atoms with Crippen molar-refractivity contribution in [3.63, 3.8) is 0 Å². The summed E-state index contributed by atoms with van der Waals surface area (Å²) in [5.74, 6) is 2.10. The van der Waals surface area contributed by atoms with E-state index < -0.39 is 0 Å². The number of fused-ring (bicyclic) bond motifs is 1. The molecular weight excluding hydrogens is 346 g/mol. The molecule has 0 aliphatic carbocycles. The third-order valence-electron chi connectivity index (χ3n) is 4.87. The van der Waals surface area contributed by atoms with Crippen molar-refractivity contribution in [2.24, 2.45) is 7.05 Å². The Morgan fingerprint density at radius 1 is 1.19 bits per heavy atom. The predicted octanol–water partition coefficient (Wildman–Crippen LogP) is 1.29. The van der Waals surface area contributed by atoms with E-state index in [0.717, 1.165) is 29.9 Å². The number of carbonyl (C=O) groups is 1. The van der Waals surface area contributed by atoms with E-state index >= 15 is 0 Å². The van der Waals surface area contributed by atoms with Gasteiger partial charge in [0.25, 0.3) is 0 Å². The Hall–Kier alpha value is -2.94. The fourth-order valence-electron chi connectivity index (χ4n) is 3.33. The maximum atomic E-state index is 12.5. The Morgan fingerprint density at radius 2 is 1.96 bits per heavy atom. The largest absolute Gasteiger partial charge is 0.340 e. The summed E-state index contributed by atoms with van der Waals surface area (Å²) in [6.07, 6.45) is 0. The zero-order valence-electron chi connectivity index (χ0n) is 15.6. The molecule has 1 N–H and O–H groups in total. The molecule has 0 unspecified atom stereocenters. The van der Waals surface area contributed by atoms with Crippen LogP contribution >= 0.6 is 0 Å². The minimum absolute atomic E-state index is 0.0582. The van der Waals surface area contributed by atoms with E-state index in [4.69, 9.17) is 4.52 Å². The molecule has 2 aromatic heterocycles. The average Bonchev–Trinajstić information content (AvgIpc) is 3.23. The maximum absolute atomic E-state index is 12.5. The standard InChI is InChI=1S/C18H23N7O2/c1-13-20-16(22-27-13)12-24-7-9-25(10-8-24)18(26)19-11-17-21-14-5-3-4-6-15(14)23(17)2/h3-6H,7-12H2,1-2H3,(H,19,26). The lowest BCUT2D eigenvalue weighted by Crippen LogP contribution is -2.51. The van der Waals surface area contributed by atoms with E-state index in [1.807, 2.05) is 40.8 Å². The normalized spacial score (nSPS) is 15.4. The number of nitrogens with zero attached hydrogens (tertiary/aromatic N) is 6. The van der Waals surface area contributed by atoms with Crippen LogP contribution in [0.1, 0.15) is 17.5 Å². The Balaban J connectivity index is 1.28. The summed E-state index contributed by atoms with van der Waals surface area (Å²) in [6.45, 7) is 5.75. The zero-order chi connectivity index (χ0) is 18.8. The van der Waals surface area contributed by atoms with E-state index in [1.54, 1.807) is 6.92 Å². The summed E-state index contributed by atoms with van der Waals surface area (Å²) in [4.78, 5) is 25.4. The topological polar surface area (TPSA) is 92.3 Å².